The van der Waals surface area contributed by atoms with E-state index in [0.717, 1.165) is 23.8 Å². The van der Waals surface area contributed by atoms with Gasteiger partial charge in [-0.25, -0.2) is 14.8 Å². The van der Waals surface area contributed by atoms with Crippen LogP contribution in [0.1, 0.15) is 44.2 Å². The van der Waals surface area contributed by atoms with Crippen molar-refractivity contribution in [3.05, 3.63) is 89.0 Å². The van der Waals surface area contributed by atoms with E-state index >= 15 is 0 Å². The summed E-state index contributed by atoms with van der Waals surface area (Å²) in [5, 5.41) is 28.9. The van der Waals surface area contributed by atoms with Crippen LogP contribution in [-0.4, -0.2) is 62.1 Å². The number of rotatable bonds is 11. The van der Waals surface area contributed by atoms with E-state index in [2.05, 4.69) is 30.9 Å². The Hall–Kier alpha value is -5.06. The number of anilines is 1. The van der Waals surface area contributed by atoms with Crippen LogP contribution in [0.4, 0.5) is 5.95 Å². The van der Waals surface area contributed by atoms with Crippen molar-refractivity contribution in [2.24, 2.45) is 0 Å². The van der Waals surface area contributed by atoms with Crippen LogP contribution in [0.3, 0.4) is 0 Å². The molecule has 0 aliphatic carbocycles. The van der Waals surface area contributed by atoms with Crippen LogP contribution in [0.5, 0.6) is 5.75 Å². The van der Waals surface area contributed by atoms with Gasteiger partial charge in [0.1, 0.15) is 17.5 Å². The van der Waals surface area contributed by atoms with Crippen molar-refractivity contribution in [3.63, 3.8) is 0 Å². The van der Waals surface area contributed by atoms with E-state index in [1.165, 1.54) is 6.20 Å². The van der Waals surface area contributed by atoms with E-state index in [4.69, 9.17) is 0 Å². The first-order valence-electron chi connectivity index (χ1n) is 12.8. The molecule has 5 N–H and O–H groups in total. The standard InChI is InChI=1S/C29H30N6O5/c1-17-24(18(2)34-29(33-17)31-13-6-8-19-7-5-10-21(36)15-19)26(37)35-23(28(39)40)16-32-27(38)25-22-11-4-3-9-20(22)12-14-30-25/h3-5,7,9-12,14-15,23,36H,6,8,13,16H2,1-2H3,(H,32,38)(H,35,37)(H,39,40)(H,31,33,34)/t23-/m0/s1. The number of phenolic OH excluding ortho intramolecular Hbond substituents is 1. The second-order valence-corrected chi connectivity index (χ2v) is 9.25. The maximum atomic E-state index is 13.0. The number of carboxylic acids is 1. The largest absolute Gasteiger partial charge is 0.508 e. The summed E-state index contributed by atoms with van der Waals surface area (Å²) >= 11 is 0. The molecular formula is C29H30N6O5. The predicted molar refractivity (Wildman–Crippen MR) is 149 cm³/mol. The number of nitrogens with one attached hydrogen (secondary N) is 3. The molecule has 2 aromatic heterocycles. The lowest BCUT2D eigenvalue weighted by Gasteiger charge is -2.17. The van der Waals surface area contributed by atoms with Crippen LogP contribution >= 0.6 is 0 Å². The first-order valence-corrected chi connectivity index (χ1v) is 12.8. The van der Waals surface area contributed by atoms with Crippen LogP contribution in [0.2, 0.25) is 0 Å². The number of carboxylic acid groups (broad SMARTS) is 1. The summed E-state index contributed by atoms with van der Waals surface area (Å²) in [5.41, 5.74) is 2.11. The molecule has 2 heterocycles. The Morgan fingerprint density at radius 3 is 2.42 bits per heavy atom. The van der Waals surface area contributed by atoms with Crippen molar-refractivity contribution >= 4 is 34.5 Å². The summed E-state index contributed by atoms with van der Waals surface area (Å²) in [6.45, 7) is 3.52. The maximum Gasteiger partial charge on any atom is 0.328 e. The number of hydrogen-bond acceptors (Lipinski definition) is 8. The number of aliphatic carboxylic acids is 1. The normalized spacial score (nSPS) is 11.6. The molecule has 0 fully saturated rings. The van der Waals surface area contributed by atoms with E-state index in [0.29, 0.717) is 29.3 Å². The molecule has 0 bridgehead atoms. The third-order valence-corrected chi connectivity index (χ3v) is 6.29. The highest BCUT2D eigenvalue weighted by Crippen LogP contribution is 2.17. The van der Waals surface area contributed by atoms with Crippen molar-refractivity contribution in [1.29, 1.82) is 0 Å². The summed E-state index contributed by atoms with van der Waals surface area (Å²) < 4.78 is 0. The van der Waals surface area contributed by atoms with Crippen LogP contribution in [0.15, 0.2) is 60.8 Å². The third-order valence-electron chi connectivity index (χ3n) is 6.29. The predicted octanol–water partition coefficient (Wildman–Crippen LogP) is 3.00. The molecule has 206 valence electrons. The van der Waals surface area contributed by atoms with Gasteiger partial charge in [0.2, 0.25) is 5.95 Å². The van der Waals surface area contributed by atoms with Gasteiger partial charge in [0.05, 0.1) is 17.0 Å². The second kappa shape index (κ2) is 12.7. The monoisotopic (exact) mass is 542 g/mol. The van der Waals surface area contributed by atoms with Gasteiger partial charge in [-0.15, -0.1) is 0 Å². The first-order chi connectivity index (χ1) is 19.2. The molecule has 1 atom stereocenters. The fraction of sp³-hybridized carbons (Fsp3) is 0.241. The van der Waals surface area contributed by atoms with Gasteiger partial charge in [-0.3, -0.25) is 14.6 Å². The third kappa shape index (κ3) is 6.87. The number of phenols is 1. The van der Waals surface area contributed by atoms with Gasteiger partial charge in [-0.05, 0) is 55.8 Å². The number of pyridine rings is 1. The molecule has 0 saturated carbocycles. The molecule has 40 heavy (non-hydrogen) atoms. The molecule has 0 unspecified atom stereocenters. The summed E-state index contributed by atoms with van der Waals surface area (Å²) in [5.74, 6) is -1.93. The fourth-order valence-electron chi connectivity index (χ4n) is 4.34. The zero-order valence-corrected chi connectivity index (χ0v) is 22.1. The van der Waals surface area contributed by atoms with Crippen LogP contribution in [0, 0.1) is 13.8 Å². The summed E-state index contributed by atoms with van der Waals surface area (Å²) in [7, 11) is 0. The number of carbonyl (C=O) groups is 3. The van der Waals surface area contributed by atoms with Crippen molar-refractivity contribution < 1.29 is 24.6 Å². The van der Waals surface area contributed by atoms with Gasteiger partial charge in [-0.2, -0.15) is 0 Å². The summed E-state index contributed by atoms with van der Waals surface area (Å²) in [4.78, 5) is 50.5. The number of amides is 2. The van der Waals surface area contributed by atoms with Crippen LogP contribution in [0.25, 0.3) is 10.8 Å². The minimum Gasteiger partial charge on any atom is -0.508 e. The number of aryl methyl sites for hydroxylation is 3. The average Bonchev–Trinajstić information content (AvgIpc) is 2.92. The van der Waals surface area contributed by atoms with Gasteiger partial charge in [0, 0.05) is 24.7 Å². The maximum absolute atomic E-state index is 13.0. The smallest absolute Gasteiger partial charge is 0.328 e. The molecule has 0 aliphatic heterocycles. The van der Waals surface area contributed by atoms with Crippen LogP contribution in [-0.2, 0) is 11.2 Å². The highest BCUT2D eigenvalue weighted by Gasteiger charge is 2.25. The van der Waals surface area contributed by atoms with Gasteiger partial charge >= 0.3 is 5.97 Å². The Kier molecular flexibility index (Phi) is 8.85. The Morgan fingerprint density at radius 2 is 1.70 bits per heavy atom. The second-order valence-electron chi connectivity index (χ2n) is 9.25. The fourth-order valence-corrected chi connectivity index (χ4v) is 4.34. The first kappa shape index (κ1) is 28.0. The SMILES string of the molecule is Cc1nc(NCCCc2cccc(O)c2)nc(C)c1C(=O)N[C@@H](CNC(=O)c1nccc2ccccc12)C(=O)O. The summed E-state index contributed by atoms with van der Waals surface area (Å²) in [6.07, 6.45) is 3.03. The van der Waals surface area contributed by atoms with Gasteiger partial charge in [-0.1, -0.05) is 36.4 Å². The van der Waals surface area contributed by atoms with Gasteiger partial charge in [0.15, 0.2) is 0 Å². The Morgan fingerprint density at radius 1 is 0.950 bits per heavy atom. The molecule has 11 heteroatoms. The average molecular weight is 543 g/mol. The van der Waals surface area contributed by atoms with Crippen molar-refractivity contribution in [2.45, 2.75) is 32.7 Å². The van der Waals surface area contributed by atoms with E-state index in [9.17, 15) is 24.6 Å². The minimum absolute atomic E-state index is 0.165. The van der Waals surface area contributed by atoms with E-state index < -0.39 is 23.8 Å². The highest BCUT2D eigenvalue weighted by molar-refractivity contribution is 6.05. The van der Waals surface area contributed by atoms with E-state index in [1.807, 2.05) is 18.2 Å². The van der Waals surface area contributed by atoms with Crippen molar-refractivity contribution in [3.8, 4) is 5.75 Å². The number of aromatic hydroxyl groups is 1. The van der Waals surface area contributed by atoms with Gasteiger partial charge < -0.3 is 26.2 Å². The van der Waals surface area contributed by atoms with E-state index in [1.54, 1.807) is 50.2 Å². The highest BCUT2D eigenvalue weighted by atomic mass is 16.4. The number of benzene rings is 2. The van der Waals surface area contributed by atoms with Crippen LogP contribution < -0.4 is 16.0 Å². The number of fused-ring (bicyclic) bond motifs is 1. The van der Waals surface area contributed by atoms with Crippen molar-refractivity contribution in [2.75, 3.05) is 18.4 Å². The quantitative estimate of drug-likeness (QED) is 0.179. The molecule has 0 spiro atoms. The molecular weight excluding hydrogens is 512 g/mol. The molecule has 2 amide bonds. The lowest BCUT2D eigenvalue weighted by atomic mass is 10.1. The molecule has 2 aromatic carbocycles. The van der Waals surface area contributed by atoms with E-state index in [-0.39, 0.29) is 23.6 Å². The number of hydrogen-bond donors (Lipinski definition) is 5. The molecule has 11 nitrogen and oxygen atoms in total. The lowest BCUT2D eigenvalue weighted by molar-refractivity contribution is -0.139. The number of carbonyl (C=O) groups excluding carboxylic acids is 2. The Bertz CT molecular complexity index is 1530. The van der Waals surface area contributed by atoms with Gasteiger partial charge in [0.25, 0.3) is 11.8 Å². The lowest BCUT2D eigenvalue weighted by Crippen LogP contribution is -2.48. The Balaban J connectivity index is 1.36. The van der Waals surface area contributed by atoms with Crippen molar-refractivity contribution in [1.82, 2.24) is 25.6 Å². The molecule has 0 saturated heterocycles. The Labute approximate surface area is 230 Å². The molecule has 4 aromatic rings. The zero-order chi connectivity index (χ0) is 28.6. The minimum atomic E-state index is -1.39. The zero-order valence-electron chi connectivity index (χ0n) is 22.1. The molecule has 0 radical (unpaired) electrons. The molecule has 0 aliphatic rings. The number of nitrogens with zero attached hydrogens (tertiary/aromatic N) is 3. The molecule has 4 rings (SSSR count). The topological polar surface area (TPSA) is 166 Å². The number of aromatic nitrogens is 3. The summed E-state index contributed by atoms with van der Waals surface area (Å²) in [6, 6.07) is 14.7.